The molecule has 0 aliphatic heterocycles. The Labute approximate surface area is 94.9 Å². The van der Waals surface area contributed by atoms with Gasteiger partial charge in [0.15, 0.2) is 11.5 Å². The molecule has 0 aliphatic rings. The van der Waals surface area contributed by atoms with Crippen LogP contribution in [0.25, 0.3) is 11.2 Å². The number of anilines is 1. The lowest BCUT2D eigenvalue weighted by atomic mass is 10.2. The van der Waals surface area contributed by atoms with Gasteiger partial charge in [0.05, 0.1) is 6.33 Å². The smallest absolute Gasteiger partial charge is 0.165 e. The van der Waals surface area contributed by atoms with Crippen LogP contribution < -0.4 is 5.32 Å². The Kier molecular flexibility index (Phi) is 2.77. The van der Waals surface area contributed by atoms with Gasteiger partial charge in [-0.15, -0.1) is 0 Å². The van der Waals surface area contributed by atoms with Crippen LogP contribution in [0.2, 0.25) is 0 Å². The number of hydrogen-bond donors (Lipinski definition) is 1. The molecule has 0 unspecified atom stereocenters. The van der Waals surface area contributed by atoms with E-state index in [0.29, 0.717) is 5.92 Å². The van der Waals surface area contributed by atoms with E-state index in [1.54, 1.807) is 6.33 Å². The second-order valence-corrected chi connectivity index (χ2v) is 4.42. The summed E-state index contributed by atoms with van der Waals surface area (Å²) in [5.74, 6) is 2.17. The number of rotatable bonds is 3. The van der Waals surface area contributed by atoms with Crippen molar-refractivity contribution in [2.45, 2.75) is 20.8 Å². The summed E-state index contributed by atoms with van der Waals surface area (Å²) in [6.45, 7) is 7.11. The van der Waals surface area contributed by atoms with E-state index in [4.69, 9.17) is 0 Å². The summed E-state index contributed by atoms with van der Waals surface area (Å²) < 4.78 is 1.91. The standard InChI is InChI=1S/C11H17N5/c1-7(2)5-12-10-9-11(15-8(3)14-10)16(4)6-13-9/h6-7H,5H2,1-4H3,(H,12,14,15). The van der Waals surface area contributed by atoms with Gasteiger partial charge in [0.1, 0.15) is 11.3 Å². The molecule has 0 aromatic carbocycles. The van der Waals surface area contributed by atoms with Crippen LogP contribution in [-0.4, -0.2) is 26.1 Å². The highest BCUT2D eigenvalue weighted by Crippen LogP contribution is 2.18. The van der Waals surface area contributed by atoms with Crippen molar-refractivity contribution in [3.8, 4) is 0 Å². The molecular formula is C11H17N5. The van der Waals surface area contributed by atoms with E-state index in [1.807, 2.05) is 18.5 Å². The number of aryl methyl sites for hydroxylation is 2. The number of hydrogen-bond acceptors (Lipinski definition) is 4. The predicted molar refractivity (Wildman–Crippen MR) is 64.4 cm³/mol. The Bertz CT molecular complexity index is 500. The van der Waals surface area contributed by atoms with Crippen molar-refractivity contribution >= 4 is 17.0 Å². The number of aromatic nitrogens is 4. The summed E-state index contributed by atoms with van der Waals surface area (Å²) in [6.07, 6.45) is 1.76. The molecule has 2 rings (SSSR count). The first kappa shape index (κ1) is 10.9. The summed E-state index contributed by atoms with van der Waals surface area (Å²) in [4.78, 5) is 13.1. The van der Waals surface area contributed by atoms with Crippen LogP contribution in [0.5, 0.6) is 0 Å². The zero-order chi connectivity index (χ0) is 11.7. The van der Waals surface area contributed by atoms with Crippen molar-refractivity contribution in [3.63, 3.8) is 0 Å². The molecule has 0 saturated carbocycles. The third kappa shape index (κ3) is 1.98. The molecule has 0 aliphatic carbocycles. The fraction of sp³-hybridized carbons (Fsp3) is 0.545. The normalized spacial score (nSPS) is 11.3. The van der Waals surface area contributed by atoms with Gasteiger partial charge in [0.2, 0.25) is 0 Å². The minimum Gasteiger partial charge on any atom is -0.368 e. The molecule has 5 nitrogen and oxygen atoms in total. The molecule has 0 saturated heterocycles. The van der Waals surface area contributed by atoms with Gasteiger partial charge in [0, 0.05) is 13.6 Å². The second kappa shape index (κ2) is 4.08. The van der Waals surface area contributed by atoms with Crippen molar-refractivity contribution in [1.82, 2.24) is 19.5 Å². The van der Waals surface area contributed by atoms with Crippen molar-refractivity contribution in [3.05, 3.63) is 12.2 Å². The molecule has 2 aromatic heterocycles. The zero-order valence-corrected chi connectivity index (χ0v) is 10.2. The Hall–Kier alpha value is -1.65. The molecule has 86 valence electrons. The van der Waals surface area contributed by atoms with Gasteiger partial charge in [-0.2, -0.15) is 0 Å². The fourth-order valence-electron chi connectivity index (χ4n) is 1.54. The summed E-state index contributed by atoms with van der Waals surface area (Å²) >= 11 is 0. The molecule has 2 aromatic rings. The molecule has 0 radical (unpaired) electrons. The summed E-state index contributed by atoms with van der Waals surface area (Å²) in [5, 5.41) is 3.31. The Morgan fingerprint density at radius 2 is 2.12 bits per heavy atom. The highest BCUT2D eigenvalue weighted by atomic mass is 15.1. The molecule has 0 atom stereocenters. The highest BCUT2D eigenvalue weighted by molar-refractivity contribution is 5.82. The maximum Gasteiger partial charge on any atom is 0.165 e. The molecule has 0 spiro atoms. The molecule has 0 bridgehead atoms. The molecule has 5 heteroatoms. The molecule has 16 heavy (non-hydrogen) atoms. The predicted octanol–water partition coefficient (Wildman–Crippen LogP) is 1.74. The number of imidazole rings is 1. The van der Waals surface area contributed by atoms with Crippen LogP contribution >= 0.6 is 0 Å². The van der Waals surface area contributed by atoms with E-state index >= 15 is 0 Å². The van der Waals surface area contributed by atoms with E-state index in [1.165, 1.54) is 0 Å². The minimum atomic E-state index is 0.578. The Morgan fingerprint density at radius 1 is 1.38 bits per heavy atom. The van der Waals surface area contributed by atoms with Gasteiger partial charge in [-0.25, -0.2) is 15.0 Å². The highest BCUT2D eigenvalue weighted by Gasteiger charge is 2.09. The number of nitrogens with one attached hydrogen (secondary N) is 1. The van der Waals surface area contributed by atoms with Gasteiger partial charge < -0.3 is 9.88 Å². The minimum absolute atomic E-state index is 0.578. The zero-order valence-electron chi connectivity index (χ0n) is 10.2. The first-order valence-corrected chi connectivity index (χ1v) is 5.47. The van der Waals surface area contributed by atoms with Gasteiger partial charge in [-0.3, -0.25) is 0 Å². The Morgan fingerprint density at radius 3 is 2.81 bits per heavy atom. The third-order valence-corrected chi connectivity index (χ3v) is 2.35. The van der Waals surface area contributed by atoms with E-state index in [9.17, 15) is 0 Å². The third-order valence-electron chi connectivity index (χ3n) is 2.35. The molecule has 1 N–H and O–H groups in total. The van der Waals surface area contributed by atoms with Gasteiger partial charge in [-0.05, 0) is 12.8 Å². The van der Waals surface area contributed by atoms with Crippen LogP contribution in [0.1, 0.15) is 19.7 Å². The van der Waals surface area contributed by atoms with Crippen LogP contribution in [0.15, 0.2) is 6.33 Å². The maximum atomic E-state index is 4.39. The van der Waals surface area contributed by atoms with Crippen LogP contribution in [0.3, 0.4) is 0 Å². The van der Waals surface area contributed by atoms with Crippen molar-refractivity contribution in [2.75, 3.05) is 11.9 Å². The van der Waals surface area contributed by atoms with Crippen molar-refractivity contribution in [2.24, 2.45) is 13.0 Å². The summed E-state index contributed by atoms with van der Waals surface area (Å²) in [7, 11) is 1.94. The van der Waals surface area contributed by atoms with E-state index in [0.717, 1.165) is 29.4 Å². The summed E-state index contributed by atoms with van der Waals surface area (Å²) in [5.41, 5.74) is 1.72. The van der Waals surface area contributed by atoms with Crippen LogP contribution in [0.4, 0.5) is 5.82 Å². The Balaban J connectivity index is 2.43. The second-order valence-electron chi connectivity index (χ2n) is 4.42. The first-order chi connectivity index (χ1) is 7.58. The molecule has 0 amide bonds. The lowest BCUT2D eigenvalue weighted by Gasteiger charge is -2.09. The van der Waals surface area contributed by atoms with E-state index < -0.39 is 0 Å². The summed E-state index contributed by atoms with van der Waals surface area (Å²) in [6, 6.07) is 0. The number of fused-ring (bicyclic) bond motifs is 1. The fourth-order valence-corrected chi connectivity index (χ4v) is 1.54. The van der Waals surface area contributed by atoms with Gasteiger partial charge in [-0.1, -0.05) is 13.8 Å². The monoisotopic (exact) mass is 219 g/mol. The van der Waals surface area contributed by atoms with Gasteiger partial charge >= 0.3 is 0 Å². The SMILES string of the molecule is Cc1nc(NCC(C)C)c2ncn(C)c2n1. The lowest BCUT2D eigenvalue weighted by Crippen LogP contribution is -2.10. The average Bonchev–Trinajstić information content (AvgIpc) is 2.57. The molecule has 0 fully saturated rings. The van der Waals surface area contributed by atoms with Crippen LogP contribution in [-0.2, 0) is 7.05 Å². The molecular weight excluding hydrogens is 202 g/mol. The topological polar surface area (TPSA) is 55.6 Å². The quantitative estimate of drug-likeness (QED) is 0.854. The maximum absolute atomic E-state index is 4.39. The lowest BCUT2D eigenvalue weighted by molar-refractivity contribution is 0.687. The average molecular weight is 219 g/mol. The molecule has 2 heterocycles. The van der Waals surface area contributed by atoms with E-state index in [-0.39, 0.29) is 0 Å². The van der Waals surface area contributed by atoms with Crippen LogP contribution in [0, 0.1) is 12.8 Å². The largest absolute Gasteiger partial charge is 0.368 e. The first-order valence-electron chi connectivity index (χ1n) is 5.47. The van der Waals surface area contributed by atoms with Crippen molar-refractivity contribution in [1.29, 1.82) is 0 Å². The van der Waals surface area contributed by atoms with Crippen molar-refractivity contribution < 1.29 is 0 Å². The van der Waals surface area contributed by atoms with Gasteiger partial charge in [0.25, 0.3) is 0 Å². The number of nitrogens with zero attached hydrogens (tertiary/aromatic N) is 4. The van der Waals surface area contributed by atoms with E-state index in [2.05, 4.69) is 34.1 Å².